The third-order valence-electron chi connectivity index (χ3n) is 6.33. The fraction of sp³-hybridized carbons (Fsp3) is 0.455. The van der Waals surface area contributed by atoms with Crippen LogP contribution in [0, 0.1) is 6.92 Å². The first kappa shape index (κ1) is 18.5. The maximum absolute atomic E-state index is 13.1. The second-order valence-corrected chi connectivity index (χ2v) is 9.78. The van der Waals surface area contributed by atoms with Gasteiger partial charge in [-0.25, -0.2) is 8.42 Å². The summed E-state index contributed by atoms with van der Waals surface area (Å²) in [7, 11) is -1.33. The SMILES string of the molecule is CCN1CCC2[C@@H](CC1)c1cc(S(=O)(=O)c3ccc(C)cc3)ccc1N2C. The molecular weight excluding hydrogens is 356 g/mol. The molecule has 0 N–H and O–H groups in total. The topological polar surface area (TPSA) is 40.6 Å². The Kier molecular flexibility index (Phi) is 4.77. The van der Waals surface area contributed by atoms with Gasteiger partial charge in [0, 0.05) is 31.2 Å². The van der Waals surface area contributed by atoms with Crippen LogP contribution in [-0.4, -0.2) is 46.0 Å². The molecule has 144 valence electrons. The van der Waals surface area contributed by atoms with Gasteiger partial charge in [-0.1, -0.05) is 24.6 Å². The number of anilines is 1. The van der Waals surface area contributed by atoms with Gasteiger partial charge in [0.25, 0.3) is 0 Å². The molecule has 0 radical (unpaired) electrons. The zero-order chi connectivity index (χ0) is 19.2. The van der Waals surface area contributed by atoms with E-state index in [2.05, 4.69) is 23.8 Å². The Morgan fingerprint density at radius 2 is 1.67 bits per heavy atom. The summed E-state index contributed by atoms with van der Waals surface area (Å²) in [5.74, 6) is 0.412. The fourth-order valence-corrected chi connectivity index (χ4v) is 5.93. The molecule has 5 heteroatoms. The quantitative estimate of drug-likeness (QED) is 0.806. The standard InChI is InChI=1S/C22H28N2O2S/c1-4-24-13-11-19-20-15-18(9-10-21(20)23(3)22(19)12-14-24)27(25,26)17-7-5-16(2)6-8-17/h5-10,15,19,22H,4,11-14H2,1-3H3/t19-,22?/m0/s1. The predicted molar refractivity (Wildman–Crippen MR) is 109 cm³/mol. The van der Waals surface area contributed by atoms with E-state index >= 15 is 0 Å². The van der Waals surface area contributed by atoms with Crippen molar-refractivity contribution in [2.24, 2.45) is 0 Å². The van der Waals surface area contributed by atoms with Crippen LogP contribution in [0.5, 0.6) is 0 Å². The number of aryl methyl sites for hydroxylation is 1. The molecule has 27 heavy (non-hydrogen) atoms. The van der Waals surface area contributed by atoms with Gasteiger partial charge in [0.1, 0.15) is 0 Å². The summed E-state index contributed by atoms with van der Waals surface area (Å²) in [4.78, 5) is 5.64. The van der Waals surface area contributed by atoms with E-state index in [0.717, 1.165) is 38.0 Å². The van der Waals surface area contributed by atoms with E-state index in [1.165, 1.54) is 11.3 Å². The van der Waals surface area contributed by atoms with E-state index in [9.17, 15) is 8.42 Å². The molecule has 2 atom stereocenters. The van der Waals surface area contributed by atoms with Crippen molar-refractivity contribution in [2.75, 3.05) is 31.6 Å². The van der Waals surface area contributed by atoms with Gasteiger partial charge in [0.05, 0.1) is 9.79 Å². The van der Waals surface area contributed by atoms with Crippen LogP contribution in [-0.2, 0) is 9.84 Å². The number of hydrogen-bond donors (Lipinski definition) is 0. The van der Waals surface area contributed by atoms with Crippen molar-refractivity contribution in [3.8, 4) is 0 Å². The summed E-state index contributed by atoms with van der Waals surface area (Å²) < 4.78 is 26.3. The van der Waals surface area contributed by atoms with Gasteiger partial charge < -0.3 is 9.80 Å². The van der Waals surface area contributed by atoms with Crippen LogP contribution in [0.15, 0.2) is 52.3 Å². The minimum Gasteiger partial charge on any atom is -0.371 e. The maximum atomic E-state index is 13.1. The predicted octanol–water partition coefficient (Wildman–Crippen LogP) is 3.85. The summed E-state index contributed by atoms with van der Waals surface area (Å²) in [6.45, 7) is 7.46. The lowest BCUT2D eigenvalue weighted by Gasteiger charge is -2.25. The first-order valence-electron chi connectivity index (χ1n) is 9.82. The zero-order valence-electron chi connectivity index (χ0n) is 16.4. The van der Waals surface area contributed by atoms with Gasteiger partial charge in [-0.05, 0) is 68.8 Å². The summed E-state index contributed by atoms with van der Waals surface area (Å²) in [6, 6.07) is 13.3. The van der Waals surface area contributed by atoms with Gasteiger partial charge in [-0.15, -0.1) is 0 Å². The average Bonchev–Trinajstić information content (AvgIpc) is 2.82. The first-order chi connectivity index (χ1) is 12.9. The number of sulfone groups is 1. The number of hydrogen-bond acceptors (Lipinski definition) is 4. The number of likely N-dealkylation sites (tertiary alicyclic amines) is 1. The van der Waals surface area contributed by atoms with Gasteiger partial charge in [0.2, 0.25) is 9.84 Å². The van der Waals surface area contributed by atoms with Crippen LogP contribution in [0.1, 0.15) is 36.8 Å². The monoisotopic (exact) mass is 384 g/mol. The second kappa shape index (κ2) is 6.95. The van der Waals surface area contributed by atoms with E-state index in [-0.39, 0.29) is 0 Å². The number of rotatable bonds is 3. The molecule has 2 heterocycles. The fourth-order valence-electron chi connectivity index (χ4n) is 4.63. The third kappa shape index (κ3) is 3.17. The van der Waals surface area contributed by atoms with Crippen molar-refractivity contribution in [1.82, 2.24) is 4.90 Å². The highest BCUT2D eigenvalue weighted by molar-refractivity contribution is 7.91. The second-order valence-electron chi connectivity index (χ2n) is 7.83. The summed E-state index contributed by atoms with van der Waals surface area (Å²) in [5.41, 5.74) is 3.46. The van der Waals surface area contributed by atoms with Gasteiger partial charge in [0.15, 0.2) is 0 Å². The lowest BCUT2D eigenvalue weighted by molar-refractivity contribution is 0.298. The van der Waals surface area contributed by atoms with E-state index in [1.54, 1.807) is 18.2 Å². The Morgan fingerprint density at radius 1 is 1.00 bits per heavy atom. The third-order valence-corrected chi connectivity index (χ3v) is 8.09. The molecule has 4 nitrogen and oxygen atoms in total. The Hall–Kier alpha value is -1.85. The highest BCUT2D eigenvalue weighted by Gasteiger charge is 2.38. The number of likely N-dealkylation sites (N-methyl/N-ethyl adjacent to an activating group) is 1. The smallest absolute Gasteiger partial charge is 0.206 e. The highest BCUT2D eigenvalue weighted by Crippen LogP contribution is 2.45. The molecule has 0 saturated carbocycles. The Bertz CT molecular complexity index is 937. The van der Waals surface area contributed by atoms with Crippen molar-refractivity contribution in [3.05, 3.63) is 53.6 Å². The summed E-state index contributed by atoms with van der Waals surface area (Å²) >= 11 is 0. The van der Waals surface area contributed by atoms with Crippen LogP contribution in [0.3, 0.4) is 0 Å². The molecule has 2 aliphatic heterocycles. The molecule has 4 rings (SSSR count). The van der Waals surface area contributed by atoms with Crippen LogP contribution in [0.2, 0.25) is 0 Å². The molecule has 0 spiro atoms. The van der Waals surface area contributed by atoms with Crippen molar-refractivity contribution in [2.45, 2.75) is 48.4 Å². The molecule has 2 aliphatic rings. The molecule has 1 fully saturated rings. The Morgan fingerprint density at radius 3 is 2.37 bits per heavy atom. The van der Waals surface area contributed by atoms with E-state index in [0.29, 0.717) is 21.8 Å². The normalized spacial score (nSPS) is 23.0. The number of benzene rings is 2. The van der Waals surface area contributed by atoms with Crippen molar-refractivity contribution in [1.29, 1.82) is 0 Å². The Balaban J connectivity index is 1.72. The van der Waals surface area contributed by atoms with E-state index < -0.39 is 9.84 Å². The lowest BCUT2D eigenvalue weighted by atomic mass is 9.91. The van der Waals surface area contributed by atoms with Crippen molar-refractivity contribution >= 4 is 15.5 Å². The minimum absolute atomic E-state index is 0.369. The summed E-state index contributed by atoms with van der Waals surface area (Å²) in [6.07, 6.45) is 2.22. The van der Waals surface area contributed by atoms with E-state index in [1.807, 2.05) is 31.2 Å². The lowest BCUT2D eigenvalue weighted by Crippen LogP contribution is -2.31. The molecule has 0 aliphatic carbocycles. The molecule has 1 saturated heterocycles. The first-order valence-corrected chi connectivity index (χ1v) is 11.3. The van der Waals surface area contributed by atoms with Crippen molar-refractivity contribution < 1.29 is 8.42 Å². The minimum atomic E-state index is -3.49. The highest BCUT2D eigenvalue weighted by atomic mass is 32.2. The van der Waals surface area contributed by atoms with Crippen LogP contribution in [0.25, 0.3) is 0 Å². The van der Waals surface area contributed by atoms with Gasteiger partial charge >= 0.3 is 0 Å². The molecule has 0 aromatic heterocycles. The van der Waals surface area contributed by atoms with Gasteiger partial charge in [-0.3, -0.25) is 0 Å². The van der Waals surface area contributed by atoms with Crippen LogP contribution < -0.4 is 4.90 Å². The molecule has 0 bridgehead atoms. The zero-order valence-corrected chi connectivity index (χ0v) is 17.2. The average molecular weight is 385 g/mol. The number of fused-ring (bicyclic) bond motifs is 3. The maximum Gasteiger partial charge on any atom is 0.206 e. The van der Waals surface area contributed by atoms with Gasteiger partial charge in [-0.2, -0.15) is 0 Å². The largest absolute Gasteiger partial charge is 0.371 e. The Labute approximate surface area is 162 Å². The molecule has 1 unspecified atom stereocenters. The molecule has 2 aromatic rings. The van der Waals surface area contributed by atoms with Crippen molar-refractivity contribution in [3.63, 3.8) is 0 Å². The molecule has 0 amide bonds. The molecule has 2 aromatic carbocycles. The van der Waals surface area contributed by atoms with E-state index in [4.69, 9.17) is 0 Å². The van der Waals surface area contributed by atoms with Crippen LogP contribution in [0.4, 0.5) is 5.69 Å². The molecular formula is C22H28N2O2S. The summed E-state index contributed by atoms with van der Waals surface area (Å²) in [5, 5.41) is 0. The number of nitrogens with zero attached hydrogens (tertiary/aromatic N) is 2. The van der Waals surface area contributed by atoms with Crippen LogP contribution >= 0.6 is 0 Å².